The van der Waals surface area contributed by atoms with Crippen molar-refractivity contribution in [1.29, 1.82) is 0 Å². The molecule has 0 bridgehead atoms. The fourth-order valence-electron chi connectivity index (χ4n) is 1.78. The van der Waals surface area contributed by atoms with E-state index in [0.717, 1.165) is 18.5 Å². The minimum atomic E-state index is 0.0365. The lowest BCUT2D eigenvalue weighted by Crippen LogP contribution is -2.11. The molecule has 0 aromatic heterocycles. The van der Waals surface area contributed by atoms with E-state index in [9.17, 15) is 4.79 Å². The van der Waals surface area contributed by atoms with Crippen LogP contribution in [0.25, 0.3) is 0 Å². The highest BCUT2D eigenvalue weighted by Crippen LogP contribution is 2.12. The average Bonchev–Trinajstić information content (AvgIpc) is 2.39. The number of aryl methyl sites for hydroxylation is 1. The summed E-state index contributed by atoms with van der Waals surface area (Å²) in [5.41, 5.74) is 2.20. The molecule has 0 unspecified atom stereocenters. The highest BCUT2D eigenvalue weighted by molar-refractivity contribution is 6.18. The van der Waals surface area contributed by atoms with E-state index in [0.29, 0.717) is 12.3 Å². The first-order valence-electron chi connectivity index (χ1n) is 6.71. The van der Waals surface area contributed by atoms with Crippen LogP contribution in [-0.2, 0) is 11.2 Å². The SMILES string of the molecule is CCCCCc1ccc(NC(=O)CCCCl)cc1. The van der Waals surface area contributed by atoms with Crippen molar-refractivity contribution < 1.29 is 4.79 Å². The third-order valence-corrected chi connectivity index (χ3v) is 3.11. The lowest BCUT2D eigenvalue weighted by Gasteiger charge is -2.06. The van der Waals surface area contributed by atoms with E-state index in [1.54, 1.807) is 0 Å². The van der Waals surface area contributed by atoms with Gasteiger partial charge in [-0.1, -0.05) is 31.9 Å². The maximum Gasteiger partial charge on any atom is 0.224 e. The molecule has 18 heavy (non-hydrogen) atoms. The topological polar surface area (TPSA) is 29.1 Å². The quantitative estimate of drug-likeness (QED) is 0.550. The third-order valence-electron chi connectivity index (χ3n) is 2.84. The predicted molar refractivity (Wildman–Crippen MR) is 78.3 cm³/mol. The van der Waals surface area contributed by atoms with Crippen LogP contribution < -0.4 is 5.32 Å². The number of carbonyl (C=O) groups excluding carboxylic acids is 1. The zero-order chi connectivity index (χ0) is 13.2. The summed E-state index contributed by atoms with van der Waals surface area (Å²) in [6.45, 7) is 2.21. The van der Waals surface area contributed by atoms with Gasteiger partial charge < -0.3 is 5.32 Å². The Kier molecular flexibility index (Phi) is 7.51. The second-order valence-corrected chi connectivity index (χ2v) is 4.87. The van der Waals surface area contributed by atoms with Gasteiger partial charge in [-0.25, -0.2) is 0 Å². The van der Waals surface area contributed by atoms with Crippen LogP contribution in [0.15, 0.2) is 24.3 Å². The molecular formula is C15H22ClNO. The van der Waals surface area contributed by atoms with E-state index < -0.39 is 0 Å². The van der Waals surface area contributed by atoms with Crippen LogP contribution in [0.3, 0.4) is 0 Å². The number of halogens is 1. The molecule has 1 amide bonds. The number of benzene rings is 1. The largest absolute Gasteiger partial charge is 0.326 e. The molecule has 0 saturated heterocycles. The van der Waals surface area contributed by atoms with E-state index in [-0.39, 0.29) is 5.91 Å². The molecule has 2 nitrogen and oxygen atoms in total. The summed E-state index contributed by atoms with van der Waals surface area (Å²) in [6.07, 6.45) is 6.09. The second kappa shape index (κ2) is 8.98. The highest BCUT2D eigenvalue weighted by atomic mass is 35.5. The minimum Gasteiger partial charge on any atom is -0.326 e. The molecule has 0 aliphatic rings. The number of amides is 1. The first-order valence-corrected chi connectivity index (χ1v) is 7.24. The maximum atomic E-state index is 11.5. The molecule has 3 heteroatoms. The Hall–Kier alpha value is -1.02. The Bertz CT molecular complexity index is 348. The van der Waals surface area contributed by atoms with Crippen LogP contribution in [0, 0.1) is 0 Å². The van der Waals surface area contributed by atoms with Gasteiger partial charge in [0.25, 0.3) is 0 Å². The monoisotopic (exact) mass is 267 g/mol. The Morgan fingerprint density at radius 3 is 2.50 bits per heavy atom. The maximum absolute atomic E-state index is 11.5. The van der Waals surface area contributed by atoms with Gasteiger partial charge in [0.05, 0.1) is 0 Å². The molecule has 1 aromatic carbocycles. The van der Waals surface area contributed by atoms with Crippen LogP contribution in [0.4, 0.5) is 5.69 Å². The summed E-state index contributed by atoms with van der Waals surface area (Å²) in [6, 6.07) is 8.12. The van der Waals surface area contributed by atoms with Gasteiger partial charge >= 0.3 is 0 Å². The molecule has 0 heterocycles. The zero-order valence-electron chi connectivity index (χ0n) is 11.0. The molecule has 0 radical (unpaired) electrons. The summed E-state index contributed by atoms with van der Waals surface area (Å²) in [7, 11) is 0. The van der Waals surface area contributed by atoms with Crippen LogP contribution in [-0.4, -0.2) is 11.8 Å². The molecule has 1 rings (SSSR count). The molecule has 0 saturated carbocycles. The van der Waals surface area contributed by atoms with Crippen molar-refractivity contribution in [3.63, 3.8) is 0 Å². The lowest BCUT2D eigenvalue weighted by molar-refractivity contribution is -0.116. The van der Waals surface area contributed by atoms with Gasteiger partial charge in [0.15, 0.2) is 0 Å². The van der Waals surface area contributed by atoms with Gasteiger partial charge in [0.1, 0.15) is 0 Å². The van der Waals surface area contributed by atoms with Crippen molar-refractivity contribution in [2.45, 2.75) is 45.4 Å². The van der Waals surface area contributed by atoms with Gasteiger partial charge in [-0.15, -0.1) is 11.6 Å². The van der Waals surface area contributed by atoms with Crippen molar-refractivity contribution in [1.82, 2.24) is 0 Å². The average molecular weight is 268 g/mol. The van der Waals surface area contributed by atoms with Crippen LogP contribution in [0.2, 0.25) is 0 Å². The number of hydrogen-bond acceptors (Lipinski definition) is 1. The number of carbonyl (C=O) groups is 1. The Morgan fingerprint density at radius 1 is 1.17 bits per heavy atom. The number of alkyl halides is 1. The number of unbranched alkanes of at least 4 members (excludes halogenated alkanes) is 2. The van der Waals surface area contributed by atoms with E-state index in [4.69, 9.17) is 11.6 Å². The minimum absolute atomic E-state index is 0.0365. The van der Waals surface area contributed by atoms with E-state index in [1.165, 1.54) is 24.8 Å². The van der Waals surface area contributed by atoms with Crippen LogP contribution in [0.5, 0.6) is 0 Å². The van der Waals surface area contributed by atoms with Gasteiger partial charge in [-0.3, -0.25) is 4.79 Å². The Labute approximate surface area is 115 Å². The Morgan fingerprint density at radius 2 is 1.89 bits per heavy atom. The van der Waals surface area contributed by atoms with E-state index in [2.05, 4.69) is 24.4 Å². The molecule has 0 spiro atoms. The van der Waals surface area contributed by atoms with Crippen LogP contribution in [0.1, 0.15) is 44.6 Å². The van der Waals surface area contributed by atoms with Crippen molar-refractivity contribution in [2.75, 3.05) is 11.2 Å². The molecule has 1 N–H and O–H groups in total. The summed E-state index contributed by atoms with van der Waals surface area (Å²) < 4.78 is 0. The molecule has 0 atom stereocenters. The number of nitrogens with one attached hydrogen (secondary N) is 1. The van der Waals surface area contributed by atoms with Gasteiger partial charge in [-0.2, -0.15) is 0 Å². The third kappa shape index (κ3) is 6.06. The molecular weight excluding hydrogens is 246 g/mol. The molecule has 0 fully saturated rings. The van der Waals surface area contributed by atoms with Crippen LogP contribution >= 0.6 is 11.6 Å². The molecule has 100 valence electrons. The number of anilines is 1. The Balaban J connectivity index is 2.37. The fraction of sp³-hybridized carbons (Fsp3) is 0.533. The van der Waals surface area contributed by atoms with Crippen molar-refractivity contribution in [2.24, 2.45) is 0 Å². The van der Waals surface area contributed by atoms with Crippen molar-refractivity contribution in [3.05, 3.63) is 29.8 Å². The normalized spacial score (nSPS) is 10.3. The van der Waals surface area contributed by atoms with Gasteiger partial charge in [0.2, 0.25) is 5.91 Å². The lowest BCUT2D eigenvalue weighted by atomic mass is 10.1. The first kappa shape index (κ1) is 15.0. The fourth-order valence-corrected chi connectivity index (χ4v) is 1.92. The predicted octanol–water partition coefficient (Wildman–Crippen LogP) is 4.38. The van der Waals surface area contributed by atoms with Crippen molar-refractivity contribution in [3.8, 4) is 0 Å². The molecule has 1 aromatic rings. The first-order chi connectivity index (χ1) is 8.76. The highest BCUT2D eigenvalue weighted by Gasteiger charge is 2.01. The summed E-state index contributed by atoms with van der Waals surface area (Å²) >= 11 is 5.55. The number of rotatable bonds is 8. The number of hydrogen-bond donors (Lipinski definition) is 1. The van der Waals surface area contributed by atoms with E-state index >= 15 is 0 Å². The summed E-state index contributed by atoms with van der Waals surface area (Å²) in [4.78, 5) is 11.5. The van der Waals surface area contributed by atoms with Gasteiger partial charge in [0, 0.05) is 18.0 Å². The summed E-state index contributed by atoms with van der Waals surface area (Å²) in [5.74, 6) is 0.568. The van der Waals surface area contributed by atoms with E-state index in [1.807, 2.05) is 12.1 Å². The molecule has 0 aliphatic carbocycles. The zero-order valence-corrected chi connectivity index (χ0v) is 11.8. The van der Waals surface area contributed by atoms with Gasteiger partial charge in [-0.05, 0) is 37.0 Å². The standard InChI is InChI=1S/C15H22ClNO/c1-2-3-4-6-13-8-10-14(11-9-13)17-15(18)7-5-12-16/h8-11H,2-7,12H2,1H3,(H,17,18). The van der Waals surface area contributed by atoms with Crippen molar-refractivity contribution >= 4 is 23.2 Å². The second-order valence-electron chi connectivity index (χ2n) is 4.49. The molecule has 0 aliphatic heterocycles. The smallest absolute Gasteiger partial charge is 0.224 e. The summed E-state index contributed by atoms with van der Waals surface area (Å²) in [5, 5.41) is 2.87.